The Morgan fingerprint density at radius 2 is 1.73 bits per heavy atom. The summed E-state index contributed by atoms with van der Waals surface area (Å²) in [7, 11) is 2.88. The maximum atomic E-state index is 13.0. The summed E-state index contributed by atoms with van der Waals surface area (Å²) in [4.78, 5) is 42.2. The summed E-state index contributed by atoms with van der Waals surface area (Å²) in [5.74, 6) is -0.677. The molecule has 1 fully saturated rings. The molecule has 1 aliphatic rings. The lowest BCUT2D eigenvalue weighted by Gasteiger charge is -2.28. The molecule has 1 saturated heterocycles. The first-order valence-corrected chi connectivity index (χ1v) is 9.51. The van der Waals surface area contributed by atoms with Crippen molar-refractivity contribution in [1.82, 2.24) is 20.3 Å². The van der Waals surface area contributed by atoms with Crippen LogP contribution < -0.4 is 14.8 Å². The van der Waals surface area contributed by atoms with E-state index in [0.717, 1.165) is 5.56 Å². The van der Waals surface area contributed by atoms with Gasteiger partial charge in [0.2, 0.25) is 11.8 Å². The number of carbonyl (C=O) groups excluding carboxylic acids is 3. The van der Waals surface area contributed by atoms with Crippen molar-refractivity contribution in [2.24, 2.45) is 0 Å². The number of ether oxygens (including phenoxy) is 2. The zero-order valence-electron chi connectivity index (χ0n) is 17.2. The van der Waals surface area contributed by atoms with Crippen LogP contribution in [0, 0.1) is 6.92 Å². The second-order valence-electron chi connectivity index (χ2n) is 6.71. The predicted molar refractivity (Wildman–Crippen MR) is 108 cm³/mol. The van der Waals surface area contributed by atoms with Gasteiger partial charge in [-0.25, -0.2) is 10.0 Å². The second kappa shape index (κ2) is 9.25. The average Bonchev–Trinajstić information content (AvgIpc) is 3.26. The van der Waals surface area contributed by atoms with Crippen LogP contribution in [0.25, 0.3) is 0 Å². The van der Waals surface area contributed by atoms with Gasteiger partial charge in [-0.1, -0.05) is 18.2 Å². The zero-order chi connectivity index (χ0) is 21.7. The van der Waals surface area contributed by atoms with Gasteiger partial charge in [0, 0.05) is 24.7 Å². The number of benzene rings is 1. The molecule has 3 amide bonds. The van der Waals surface area contributed by atoms with E-state index in [4.69, 9.17) is 9.47 Å². The van der Waals surface area contributed by atoms with Gasteiger partial charge in [0.15, 0.2) is 0 Å². The Labute approximate surface area is 174 Å². The first kappa shape index (κ1) is 21.1. The molecule has 158 valence electrons. The van der Waals surface area contributed by atoms with Gasteiger partial charge in [0.1, 0.15) is 5.56 Å². The molecule has 0 spiro atoms. The lowest BCUT2D eigenvalue weighted by Crippen LogP contribution is -2.48. The van der Waals surface area contributed by atoms with E-state index in [-0.39, 0.29) is 29.8 Å². The van der Waals surface area contributed by atoms with Gasteiger partial charge >= 0.3 is 0 Å². The van der Waals surface area contributed by atoms with Gasteiger partial charge < -0.3 is 14.8 Å². The number of hydrazine groups is 1. The summed E-state index contributed by atoms with van der Waals surface area (Å²) < 4.78 is 10.3. The van der Waals surface area contributed by atoms with Gasteiger partial charge in [0.25, 0.3) is 17.7 Å². The number of methoxy groups -OCH3 is 2. The van der Waals surface area contributed by atoms with Crippen molar-refractivity contribution in [2.75, 3.05) is 33.9 Å². The first-order valence-electron chi connectivity index (χ1n) is 9.51. The standard InChI is InChI=1S/C21H24N4O5/c1-14-7-4-5-8-15(14)19(27)22-13-18(26)24-11-6-12-25(24)21(28)16-9-10-17(29-2)23-20(16)30-3/h4-5,7-10H,6,11-13H2,1-3H3,(H,22,27). The Hall–Kier alpha value is -3.62. The Morgan fingerprint density at radius 3 is 2.43 bits per heavy atom. The van der Waals surface area contributed by atoms with Crippen LogP contribution in [0.15, 0.2) is 36.4 Å². The summed E-state index contributed by atoms with van der Waals surface area (Å²) in [5, 5.41) is 5.34. The summed E-state index contributed by atoms with van der Waals surface area (Å²) in [6.07, 6.45) is 0.634. The van der Waals surface area contributed by atoms with Crippen LogP contribution in [0.2, 0.25) is 0 Å². The normalized spacial score (nSPS) is 13.2. The minimum atomic E-state index is -0.405. The number of aryl methyl sites for hydroxylation is 1. The lowest BCUT2D eigenvalue weighted by atomic mass is 10.1. The van der Waals surface area contributed by atoms with E-state index in [1.54, 1.807) is 24.3 Å². The van der Waals surface area contributed by atoms with E-state index < -0.39 is 5.91 Å². The summed E-state index contributed by atoms with van der Waals surface area (Å²) >= 11 is 0. The van der Waals surface area contributed by atoms with E-state index in [1.165, 1.54) is 24.2 Å². The molecular formula is C21H24N4O5. The van der Waals surface area contributed by atoms with Gasteiger partial charge in [-0.3, -0.25) is 14.4 Å². The SMILES string of the molecule is COc1ccc(C(=O)N2CCCN2C(=O)CNC(=O)c2ccccc2C)c(OC)n1. The molecule has 2 aromatic rings. The highest BCUT2D eigenvalue weighted by Gasteiger charge is 2.33. The van der Waals surface area contributed by atoms with E-state index in [9.17, 15) is 14.4 Å². The number of pyridine rings is 1. The molecule has 3 rings (SSSR count). The van der Waals surface area contributed by atoms with Crippen molar-refractivity contribution >= 4 is 17.7 Å². The summed E-state index contributed by atoms with van der Waals surface area (Å²) in [6.45, 7) is 2.38. The minimum absolute atomic E-state index is 0.117. The van der Waals surface area contributed by atoms with Crippen molar-refractivity contribution in [1.29, 1.82) is 0 Å². The van der Waals surface area contributed by atoms with Crippen molar-refractivity contribution < 1.29 is 23.9 Å². The molecule has 9 nitrogen and oxygen atoms in total. The van der Waals surface area contributed by atoms with E-state index in [2.05, 4.69) is 10.3 Å². The fourth-order valence-electron chi connectivity index (χ4n) is 3.25. The molecule has 0 radical (unpaired) electrons. The van der Waals surface area contributed by atoms with Crippen LogP contribution in [0.5, 0.6) is 11.8 Å². The molecular weight excluding hydrogens is 388 g/mol. The van der Waals surface area contributed by atoms with E-state index in [0.29, 0.717) is 31.0 Å². The monoisotopic (exact) mass is 412 g/mol. The highest BCUT2D eigenvalue weighted by atomic mass is 16.5. The maximum Gasteiger partial charge on any atom is 0.277 e. The maximum absolute atomic E-state index is 13.0. The topological polar surface area (TPSA) is 101 Å². The number of nitrogens with zero attached hydrogens (tertiary/aromatic N) is 3. The fourth-order valence-corrected chi connectivity index (χ4v) is 3.25. The van der Waals surface area contributed by atoms with E-state index >= 15 is 0 Å². The Balaban J connectivity index is 1.69. The number of amides is 3. The third-order valence-electron chi connectivity index (χ3n) is 4.81. The number of hydrogen-bond donors (Lipinski definition) is 1. The molecule has 0 saturated carbocycles. The first-order chi connectivity index (χ1) is 14.5. The summed E-state index contributed by atoms with van der Waals surface area (Å²) in [5.41, 5.74) is 1.55. The Morgan fingerprint density at radius 1 is 1.00 bits per heavy atom. The van der Waals surface area contributed by atoms with Crippen molar-refractivity contribution in [2.45, 2.75) is 13.3 Å². The molecule has 0 aliphatic carbocycles. The van der Waals surface area contributed by atoms with Crippen molar-refractivity contribution in [3.8, 4) is 11.8 Å². The Bertz CT molecular complexity index is 962. The molecule has 1 N–H and O–H groups in total. The van der Waals surface area contributed by atoms with Gasteiger partial charge in [0.05, 0.1) is 20.8 Å². The van der Waals surface area contributed by atoms with Crippen LogP contribution in [0.4, 0.5) is 0 Å². The summed E-state index contributed by atoms with van der Waals surface area (Å²) in [6, 6.07) is 10.2. The van der Waals surface area contributed by atoms with Gasteiger partial charge in [-0.15, -0.1) is 0 Å². The highest BCUT2D eigenvalue weighted by Crippen LogP contribution is 2.24. The van der Waals surface area contributed by atoms with Crippen LogP contribution >= 0.6 is 0 Å². The Kier molecular flexibility index (Phi) is 6.51. The van der Waals surface area contributed by atoms with Crippen LogP contribution in [-0.2, 0) is 4.79 Å². The molecule has 0 unspecified atom stereocenters. The predicted octanol–water partition coefficient (Wildman–Crippen LogP) is 1.43. The van der Waals surface area contributed by atoms with Crippen molar-refractivity contribution in [3.63, 3.8) is 0 Å². The van der Waals surface area contributed by atoms with Crippen LogP contribution in [0.3, 0.4) is 0 Å². The van der Waals surface area contributed by atoms with Crippen LogP contribution in [0.1, 0.15) is 32.7 Å². The third kappa shape index (κ3) is 4.35. The van der Waals surface area contributed by atoms with Crippen LogP contribution in [-0.4, -0.2) is 66.6 Å². The largest absolute Gasteiger partial charge is 0.481 e. The molecule has 1 aromatic carbocycles. The molecule has 30 heavy (non-hydrogen) atoms. The molecule has 0 atom stereocenters. The highest BCUT2D eigenvalue weighted by molar-refractivity contribution is 5.99. The number of hydrogen-bond acceptors (Lipinski definition) is 6. The molecule has 1 aromatic heterocycles. The number of carbonyl (C=O) groups is 3. The second-order valence-corrected chi connectivity index (χ2v) is 6.71. The molecule has 9 heteroatoms. The average molecular weight is 412 g/mol. The molecule has 2 heterocycles. The molecule has 1 aliphatic heterocycles. The quantitative estimate of drug-likeness (QED) is 0.770. The van der Waals surface area contributed by atoms with Gasteiger partial charge in [-0.2, -0.15) is 4.98 Å². The number of rotatable bonds is 6. The number of aromatic nitrogens is 1. The third-order valence-corrected chi connectivity index (χ3v) is 4.81. The van der Waals surface area contributed by atoms with E-state index in [1.807, 2.05) is 19.1 Å². The van der Waals surface area contributed by atoms with Gasteiger partial charge in [-0.05, 0) is 31.0 Å². The zero-order valence-corrected chi connectivity index (χ0v) is 17.2. The lowest BCUT2D eigenvalue weighted by molar-refractivity contribution is -0.139. The molecule has 0 bridgehead atoms. The minimum Gasteiger partial charge on any atom is -0.481 e. The van der Waals surface area contributed by atoms with Crippen molar-refractivity contribution in [3.05, 3.63) is 53.1 Å². The fraction of sp³-hybridized carbons (Fsp3) is 0.333. The smallest absolute Gasteiger partial charge is 0.277 e. The number of nitrogens with one attached hydrogen (secondary N) is 1.